The smallest absolute Gasteiger partial charge is 0.151 e. The Balaban J connectivity index is 2.98. The van der Waals surface area contributed by atoms with Crippen LogP contribution in [0.2, 0.25) is 0 Å². The van der Waals surface area contributed by atoms with E-state index < -0.39 is 0 Å². The molecular weight excluding hydrogens is 200 g/mol. The minimum Gasteiger partial charge on any atom is -0.392 e. The van der Waals surface area contributed by atoms with Gasteiger partial charge < -0.3 is 5.11 Å². The van der Waals surface area contributed by atoms with Crippen LogP contribution in [0, 0.1) is 6.92 Å². The third-order valence-corrected chi connectivity index (χ3v) is 2.50. The van der Waals surface area contributed by atoms with Crippen LogP contribution in [0.25, 0.3) is 0 Å². The van der Waals surface area contributed by atoms with Crippen molar-refractivity contribution >= 4 is 17.4 Å². The largest absolute Gasteiger partial charge is 0.392 e. The average Bonchev–Trinajstić information content (AvgIpc) is 2.20. The van der Waals surface area contributed by atoms with E-state index in [4.69, 9.17) is 16.7 Å². The van der Waals surface area contributed by atoms with Gasteiger partial charge in [-0.1, -0.05) is 18.2 Å². The number of carbonyl (C=O) groups is 1. The summed E-state index contributed by atoms with van der Waals surface area (Å²) in [6.07, 6.45) is 0.312. The molecule has 0 atom stereocenters. The molecule has 14 heavy (non-hydrogen) atoms. The van der Waals surface area contributed by atoms with Gasteiger partial charge in [0.2, 0.25) is 0 Å². The summed E-state index contributed by atoms with van der Waals surface area (Å²) >= 11 is 5.44. The second-order valence-electron chi connectivity index (χ2n) is 3.22. The maximum absolute atomic E-state index is 11.2. The molecule has 0 spiro atoms. The van der Waals surface area contributed by atoms with E-state index in [2.05, 4.69) is 0 Å². The zero-order valence-electron chi connectivity index (χ0n) is 8.09. The zero-order chi connectivity index (χ0) is 10.6. The Kier molecular flexibility index (Phi) is 4.11. The summed E-state index contributed by atoms with van der Waals surface area (Å²) in [5, 5.41) is 9.08. The van der Waals surface area contributed by atoms with Crippen LogP contribution in [0.1, 0.15) is 16.7 Å². The van der Waals surface area contributed by atoms with Crippen molar-refractivity contribution in [2.45, 2.75) is 20.0 Å². The predicted molar refractivity (Wildman–Crippen MR) is 56.5 cm³/mol. The van der Waals surface area contributed by atoms with Crippen molar-refractivity contribution in [2.75, 3.05) is 5.88 Å². The molecule has 1 aromatic carbocycles. The molecule has 1 aromatic rings. The van der Waals surface area contributed by atoms with Gasteiger partial charge in [0.15, 0.2) is 5.78 Å². The van der Waals surface area contributed by atoms with Gasteiger partial charge in [-0.05, 0) is 23.6 Å². The van der Waals surface area contributed by atoms with Crippen LogP contribution < -0.4 is 0 Å². The third kappa shape index (κ3) is 2.56. The molecule has 0 aliphatic heterocycles. The van der Waals surface area contributed by atoms with E-state index in [9.17, 15) is 4.79 Å². The van der Waals surface area contributed by atoms with Crippen LogP contribution in [-0.4, -0.2) is 16.8 Å². The number of halogens is 1. The van der Waals surface area contributed by atoms with Crippen molar-refractivity contribution in [2.24, 2.45) is 0 Å². The molecule has 0 aliphatic rings. The highest BCUT2D eigenvalue weighted by molar-refractivity contribution is 6.27. The molecule has 1 rings (SSSR count). The molecular formula is C11H13ClO2. The number of aryl methyl sites for hydroxylation is 1. The van der Waals surface area contributed by atoms with Gasteiger partial charge in [0.25, 0.3) is 0 Å². The van der Waals surface area contributed by atoms with Crippen LogP contribution in [-0.2, 0) is 17.8 Å². The number of rotatable bonds is 4. The first kappa shape index (κ1) is 11.2. The molecule has 0 bridgehead atoms. The summed E-state index contributed by atoms with van der Waals surface area (Å²) in [4.78, 5) is 11.2. The lowest BCUT2D eigenvalue weighted by Gasteiger charge is -2.09. The Morgan fingerprint density at radius 1 is 1.50 bits per heavy atom. The number of hydrogen-bond donors (Lipinski definition) is 1. The Labute approximate surface area is 88.5 Å². The van der Waals surface area contributed by atoms with Crippen LogP contribution in [0.5, 0.6) is 0 Å². The van der Waals surface area contributed by atoms with Crippen molar-refractivity contribution < 1.29 is 9.90 Å². The maximum atomic E-state index is 11.2. The van der Waals surface area contributed by atoms with E-state index in [-0.39, 0.29) is 18.3 Å². The number of hydrogen-bond acceptors (Lipinski definition) is 2. The quantitative estimate of drug-likeness (QED) is 0.774. The van der Waals surface area contributed by atoms with Gasteiger partial charge in [-0.25, -0.2) is 0 Å². The first-order valence-corrected chi connectivity index (χ1v) is 4.98. The molecule has 76 valence electrons. The molecule has 0 aliphatic carbocycles. The van der Waals surface area contributed by atoms with Crippen molar-refractivity contribution in [3.63, 3.8) is 0 Å². The summed E-state index contributed by atoms with van der Waals surface area (Å²) in [6.45, 7) is 1.89. The lowest BCUT2D eigenvalue weighted by molar-refractivity contribution is -0.116. The summed E-state index contributed by atoms with van der Waals surface area (Å²) in [5.41, 5.74) is 2.74. The fourth-order valence-corrected chi connectivity index (χ4v) is 1.50. The van der Waals surface area contributed by atoms with Gasteiger partial charge in [0.1, 0.15) is 0 Å². The molecule has 0 saturated carbocycles. The van der Waals surface area contributed by atoms with Crippen molar-refractivity contribution in [1.82, 2.24) is 0 Å². The number of carbonyl (C=O) groups excluding carboxylic acids is 1. The van der Waals surface area contributed by atoms with E-state index in [1.54, 1.807) is 0 Å². The van der Waals surface area contributed by atoms with Gasteiger partial charge in [0.05, 0.1) is 12.5 Å². The molecule has 1 N–H and O–H groups in total. The van der Waals surface area contributed by atoms with Gasteiger partial charge in [0, 0.05) is 6.42 Å². The van der Waals surface area contributed by atoms with Crippen LogP contribution >= 0.6 is 11.6 Å². The number of aliphatic hydroxyl groups excluding tert-OH is 1. The molecule has 0 aromatic heterocycles. The fourth-order valence-electron chi connectivity index (χ4n) is 1.41. The van der Waals surface area contributed by atoms with Gasteiger partial charge in [-0.3, -0.25) is 4.79 Å². The molecule has 2 nitrogen and oxygen atoms in total. The number of Topliss-reactive ketones (excluding diaryl/α,β-unsaturated/α-hetero) is 1. The maximum Gasteiger partial charge on any atom is 0.151 e. The SMILES string of the molecule is Cc1cccc(CO)c1CC(=O)CCl. The standard InChI is InChI=1S/C11H13ClO2/c1-8-3-2-4-9(7-13)11(8)5-10(14)6-12/h2-4,13H,5-7H2,1H3. The second kappa shape index (κ2) is 5.13. The first-order chi connectivity index (χ1) is 6.69. The van der Waals surface area contributed by atoms with E-state index in [1.165, 1.54) is 0 Å². The minimum atomic E-state index is -0.0351. The zero-order valence-corrected chi connectivity index (χ0v) is 8.84. The number of aliphatic hydroxyl groups is 1. The highest BCUT2D eigenvalue weighted by atomic mass is 35.5. The first-order valence-electron chi connectivity index (χ1n) is 4.45. The highest BCUT2D eigenvalue weighted by Crippen LogP contribution is 2.15. The van der Waals surface area contributed by atoms with E-state index in [1.807, 2.05) is 25.1 Å². The lowest BCUT2D eigenvalue weighted by atomic mass is 9.98. The van der Waals surface area contributed by atoms with E-state index >= 15 is 0 Å². The van der Waals surface area contributed by atoms with Crippen molar-refractivity contribution in [1.29, 1.82) is 0 Å². The number of alkyl halides is 1. The third-order valence-electron chi connectivity index (χ3n) is 2.20. The normalized spacial score (nSPS) is 10.2. The Morgan fingerprint density at radius 2 is 2.21 bits per heavy atom. The van der Waals surface area contributed by atoms with Crippen LogP contribution in [0.4, 0.5) is 0 Å². The Hall–Kier alpha value is -0.860. The monoisotopic (exact) mass is 212 g/mol. The topological polar surface area (TPSA) is 37.3 Å². The second-order valence-corrected chi connectivity index (χ2v) is 3.49. The van der Waals surface area contributed by atoms with E-state index in [0.717, 1.165) is 16.7 Å². The molecule has 0 heterocycles. The molecule has 0 fully saturated rings. The fraction of sp³-hybridized carbons (Fsp3) is 0.364. The number of ketones is 1. The van der Waals surface area contributed by atoms with Crippen molar-refractivity contribution in [3.05, 3.63) is 34.9 Å². The van der Waals surface area contributed by atoms with Crippen LogP contribution in [0.15, 0.2) is 18.2 Å². The highest BCUT2D eigenvalue weighted by Gasteiger charge is 2.08. The Bertz CT molecular complexity index is 334. The molecule has 3 heteroatoms. The molecule has 0 amide bonds. The average molecular weight is 213 g/mol. The minimum absolute atomic E-state index is 0.0179. The van der Waals surface area contributed by atoms with Gasteiger partial charge in [-0.15, -0.1) is 11.6 Å². The van der Waals surface area contributed by atoms with E-state index in [0.29, 0.717) is 6.42 Å². The predicted octanol–water partition coefficient (Wildman–Crippen LogP) is 1.84. The summed E-state index contributed by atoms with van der Waals surface area (Å²) in [5.74, 6) is 0.00909. The lowest BCUT2D eigenvalue weighted by Crippen LogP contribution is -2.08. The Morgan fingerprint density at radius 3 is 2.79 bits per heavy atom. The van der Waals surface area contributed by atoms with Crippen molar-refractivity contribution in [3.8, 4) is 0 Å². The molecule has 0 radical (unpaired) electrons. The van der Waals surface area contributed by atoms with Gasteiger partial charge in [-0.2, -0.15) is 0 Å². The van der Waals surface area contributed by atoms with Crippen LogP contribution in [0.3, 0.4) is 0 Å². The summed E-state index contributed by atoms with van der Waals surface area (Å²) < 4.78 is 0. The van der Waals surface area contributed by atoms with Gasteiger partial charge >= 0.3 is 0 Å². The summed E-state index contributed by atoms with van der Waals surface area (Å²) in [6, 6.07) is 5.62. The number of benzene rings is 1. The molecule has 0 saturated heterocycles. The summed E-state index contributed by atoms with van der Waals surface area (Å²) in [7, 11) is 0. The molecule has 0 unspecified atom stereocenters.